The highest BCUT2D eigenvalue weighted by molar-refractivity contribution is 5.95. The van der Waals surface area contributed by atoms with Gasteiger partial charge < -0.3 is 10.2 Å². The van der Waals surface area contributed by atoms with Crippen LogP contribution in [0.4, 0.5) is 5.69 Å². The number of aromatic nitrogens is 3. The van der Waals surface area contributed by atoms with Gasteiger partial charge in [-0.05, 0) is 30.7 Å². The normalized spacial score (nSPS) is 14.6. The molecule has 0 bridgehead atoms. The third-order valence-electron chi connectivity index (χ3n) is 4.40. The molecule has 1 fully saturated rings. The fourth-order valence-corrected chi connectivity index (χ4v) is 3.12. The topological polar surface area (TPSA) is 62.5 Å². The molecule has 1 aliphatic rings. The highest BCUT2D eigenvalue weighted by Crippen LogP contribution is 2.20. The summed E-state index contributed by atoms with van der Waals surface area (Å²) in [5, 5.41) is 3.13. The van der Waals surface area contributed by atoms with E-state index < -0.39 is 0 Å². The van der Waals surface area contributed by atoms with Crippen LogP contribution in [0.15, 0.2) is 48.9 Å². The van der Waals surface area contributed by atoms with Crippen molar-refractivity contribution in [1.82, 2.24) is 19.7 Å². The van der Waals surface area contributed by atoms with Crippen molar-refractivity contribution < 1.29 is 4.79 Å². The number of fused-ring (bicyclic) bond motifs is 1. The molecule has 1 saturated heterocycles. The Morgan fingerprint density at radius 1 is 1.25 bits per heavy atom. The third-order valence-corrected chi connectivity index (χ3v) is 4.40. The maximum Gasteiger partial charge on any atom is 0.270 e. The lowest BCUT2D eigenvalue weighted by Gasteiger charge is -2.41. The van der Waals surface area contributed by atoms with E-state index in [1.54, 1.807) is 12.4 Å². The molecule has 1 N–H and O–H groups in total. The maximum absolute atomic E-state index is 12.7. The van der Waals surface area contributed by atoms with Gasteiger partial charge in [-0.2, -0.15) is 0 Å². The molecule has 0 radical (unpaired) electrons. The van der Waals surface area contributed by atoms with Crippen LogP contribution in [0.25, 0.3) is 5.65 Å². The Morgan fingerprint density at radius 3 is 2.79 bits per heavy atom. The Morgan fingerprint density at radius 2 is 2.04 bits per heavy atom. The van der Waals surface area contributed by atoms with Gasteiger partial charge >= 0.3 is 0 Å². The second-order valence-electron chi connectivity index (χ2n) is 5.97. The average Bonchev–Trinajstić information content (AvgIpc) is 2.97. The Balaban J connectivity index is 1.48. The summed E-state index contributed by atoms with van der Waals surface area (Å²) >= 11 is 0. The van der Waals surface area contributed by atoms with Gasteiger partial charge in [0.15, 0.2) is 0 Å². The second-order valence-corrected chi connectivity index (χ2v) is 5.97. The van der Waals surface area contributed by atoms with E-state index in [4.69, 9.17) is 0 Å². The van der Waals surface area contributed by atoms with Crippen molar-refractivity contribution in [3.8, 4) is 0 Å². The number of hydrogen-bond donors (Lipinski definition) is 1. The molecular formula is C18H19N5O. The molecule has 1 amide bonds. The number of imidazole rings is 1. The predicted molar refractivity (Wildman–Crippen MR) is 92.3 cm³/mol. The van der Waals surface area contributed by atoms with Crippen LogP contribution >= 0.6 is 0 Å². The average molecular weight is 321 g/mol. The van der Waals surface area contributed by atoms with Crippen molar-refractivity contribution in [3.05, 3.63) is 60.3 Å². The minimum Gasteiger partial charge on any atom is -0.367 e. The van der Waals surface area contributed by atoms with E-state index in [2.05, 4.69) is 20.2 Å². The quantitative estimate of drug-likeness (QED) is 0.797. The van der Waals surface area contributed by atoms with Crippen molar-refractivity contribution in [2.45, 2.75) is 19.4 Å². The summed E-state index contributed by atoms with van der Waals surface area (Å²) in [4.78, 5) is 23.5. The highest BCUT2D eigenvalue weighted by Gasteiger charge is 2.30. The number of hydrogen-bond acceptors (Lipinski definition) is 4. The Bertz CT molecular complexity index is 868. The standard InChI is InChI=1S/C18H19N5O/c1-2-15-17(23-10-4-3-5-16(23)21-15)18(24)20-13-11-22(12-13)14-6-8-19-9-7-14/h3-10,13H,2,11-12H2,1H3,(H,20,24). The SMILES string of the molecule is CCc1nc2ccccn2c1C(=O)NC1CN(c2ccncc2)C1. The van der Waals surface area contributed by atoms with Crippen molar-refractivity contribution in [3.63, 3.8) is 0 Å². The third kappa shape index (κ3) is 2.50. The van der Waals surface area contributed by atoms with Gasteiger partial charge in [-0.1, -0.05) is 13.0 Å². The fraction of sp³-hybridized carbons (Fsp3) is 0.278. The van der Waals surface area contributed by atoms with Crippen LogP contribution in [-0.2, 0) is 6.42 Å². The zero-order valence-corrected chi connectivity index (χ0v) is 13.5. The lowest BCUT2D eigenvalue weighted by atomic mass is 10.1. The molecule has 0 saturated carbocycles. The minimum absolute atomic E-state index is 0.0510. The molecule has 0 spiro atoms. The van der Waals surface area contributed by atoms with Crippen LogP contribution in [0.3, 0.4) is 0 Å². The van der Waals surface area contributed by atoms with Gasteiger partial charge in [0.2, 0.25) is 0 Å². The van der Waals surface area contributed by atoms with E-state index in [9.17, 15) is 4.79 Å². The van der Waals surface area contributed by atoms with E-state index in [1.807, 2.05) is 47.9 Å². The summed E-state index contributed by atoms with van der Waals surface area (Å²) in [6.07, 6.45) is 6.19. The van der Waals surface area contributed by atoms with Crippen LogP contribution in [0, 0.1) is 0 Å². The first-order valence-electron chi connectivity index (χ1n) is 8.18. The lowest BCUT2D eigenvalue weighted by Crippen LogP contribution is -2.59. The number of nitrogens with zero attached hydrogens (tertiary/aromatic N) is 4. The summed E-state index contributed by atoms with van der Waals surface area (Å²) in [5.41, 5.74) is 3.44. The zero-order valence-electron chi connectivity index (χ0n) is 13.5. The molecule has 4 rings (SSSR count). The van der Waals surface area contributed by atoms with Gasteiger partial charge in [0.1, 0.15) is 11.3 Å². The van der Waals surface area contributed by atoms with Crippen molar-refractivity contribution in [1.29, 1.82) is 0 Å². The number of anilines is 1. The van der Waals surface area contributed by atoms with Gasteiger partial charge in [-0.25, -0.2) is 4.98 Å². The van der Waals surface area contributed by atoms with Crippen molar-refractivity contribution >= 4 is 17.2 Å². The Labute approximate surface area is 140 Å². The molecule has 0 aliphatic carbocycles. The number of aryl methyl sites for hydroxylation is 1. The molecule has 24 heavy (non-hydrogen) atoms. The van der Waals surface area contributed by atoms with Gasteiger partial charge in [-0.15, -0.1) is 0 Å². The van der Waals surface area contributed by atoms with Crippen LogP contribution < -0.4 is 10.2 Å². The van der Waals surface area contributed by atoms with Gasteiger partial charge in [0.05, 0.1) is 11.7 Å². The van der Waals surface area contributed by atoms with Crippen LogP contribution in [0.1, 0.15) is 23.1 Å². The van der Waals surface area contributed by atoms with E-state index >= 15 is 0 Å². The molecular weight excluding hydrogens is 302 g/mol. The number of rotatable bonds is 4. The summed E-state index contributed by atoms with van der Waals surface area (Å²) in [6, 6.07) is 9.89. The van der Waals surface area contributed by atoms with Crippen LogP contribution in [0.5, 0.6) is 0 Å². The molecule has 1 aliphatic heterocycles. The summed E-state index contributed by atoms with van der Waals surface area (Å²) in [6.45, 7) is 3.65. The van der Waals surface area contributed by atoms with Gasteiger partial charge in [0.25, 0.3) is 5.91 Å². The monoisotopic (exact) mass is 321 g/mol. The van der Waals surface area contributed by atoms with Gasteiger partial charge in [-0.3, -0.25) is 14.2 Å². The highest BCUT2D eigenvalue weighted by atomic mass is 16.2. The summed E-state index contributed by atoms with van der Waals surface area (Å²) in [7, 11) is 0. The van der Waals surface area contributed by atoms with Gasteiger partial charge in [0, 0.05) is 37.4 Å². The molecule has 6 nitrogen and oxygen atoms in total. The maximum atomic E-state index is 12.7. The first kappa shape index (κ1) is 14.7. The van der Waals surface area contributed by atoms with E-state index in [1.165, 1.54) is 0 Å². The largest absolute Gasteiger partial charge is 0.367 e. The molecule has 0 atom stereocenters. The number of amides is 1. The number of nitrogens with one attached hydrogen (secondary N) is 1. The number of carbonyl (C=O) groups is 1. The van der Waals surface area contributed by atoms with Crippen LogP contribution in [0.2, 0.25) is 0 Å². The molecule has 4 heterocycles. The van der Waals surface area contributed by atoms with E-state index in [-0.39, 0.29) is 11.9 Å². The zero-order chi connectivity index (χ0) is 16.5. The fourth-order valence-electron chi connectivity index (χ4n) is 3.12. The molecule has 3 aromatic rings. The van der Waals surface area contributed by atoms with E-state index in [0.29, 0.717) is 5.69 Å². The van der Waals surface area contributed by atoms with Crippen LogP contribution in [-0.4, -0.2) is 39.4 Å². The molecule has 3 aromatic heterocycles. The van der Waals surface area contributed by atoms with E-state index in [0.717, 1.165) is 36.5 Å². The first-order valence-corrected chi connectivity index (χ1v) is 8.18. The van der Waals surface area contributed by atoms with Crippen molar-refractivity contribution in [2.24, 2.45) is 0 Å². The first-order chi connectivity index (χ1) is 11.8. The summed E-state index contributed by atoms with van der Waals surface area (Å²) in [5.74, 6) is -0.0510. The molecule has 122 valence electrons. The lowest BCUT2D eigenvalue weighted by molar-refractivity contribution is 0.0923. The smallest absolute Gasteiger partial charge is 0.270 e. The minimum atomic E-state index is -0.0510. The predicted octanol–water partition coefficient (Wildman–Crippen LogP) is 1.91. The summed E-state index contributed by atoms with van der Waals surface area (Å²) < 4.78 is 1.87. The number of carbonyl (C=O) groups excluding carboxylic acids is 1. The Kier molecular flexibility index (Phi) is 3.65. The molecule has 0 aromatic carbocycles. The second kappa shape index (κ2) is 5.96. The number of pyridine rings is 2. The molecule has 6 heteroatoms. The van der Waals surface area contributed by atoms with Crippen molar-refractivity contribution in [2.75, 3.05) is 18.0 Å². The molecule has 0 unspecified atom stereocenters. The Hall–Kier alpha value is -2.89.